The molecule has 0 aromatic rings. The van der Waals surface area contributed by atoms with Gasteiger partial charge in [0.2, 0.25) is 5.91 Å². The lowest BCUT2D eigenvalue weighted by molar-refractivity contribution is -0.189. The topological polar surface area (TPSA) is 116 Å². The quantitative estimate of drug-likeness (QED) is 0.371. The number of hydrogen-bond donors (Lipinski definition) is 4. The molecule has 1 rings (SSSR count). The van der Waals surface area contributed by atoms with E-state index in [1.54, 1.807) is 0 Å². The lowest BCUT2D eigenvalue weighted by Crippen LogP contribution is -2.62. The highest BCUT2D eigenvalue weighted by Gasteiger charge is 2.44. The van der Waals surface area contributed by atoms with E-state index >= 15 is 0 Å². The van der Waals surface area contributed by atoms with Crippen molar-refractivity contribution in [2.75, 3.05) is 6.61 Å². The van der Waals surface area contributed by atoms with Gasteiger partial charge in [-0.3, -0.25) is 4.79 Å². The van der Waals surface area contributed by atoms with Crippen LogP contribution in [0.2, 0.25) is 0 Å². The van der Waals surface area contributed by atoms with Crippen molar-refractivity contribution in [3.63, 3.8) is 0 Å². The van der Waals surface area contributed by atoms with Crippen molar-refractivity contribution in [2.45, 2.75) is 31.3 Å². The first-order chi connectivity index (χ1) is 6.97. The molecule has 1 heterocycles. The highest BCUT2D eigenvalue weighted by atomic mass is 16.6. The number of ether oxygens (including phenoxy) is 1. The molecular weight excluding hydrogens is 206 g/mol. The zero-order valence-corrected chi connectivity index (χ0v) is 8.08. The van der Waals surface area contributed by atoms with Gasteiger partial charge >= 0.3 is 5.97 Å². The Kier molecular flexibility index (Phi) is 3.61. The molecule has 15 heavy (non-hydrogen) atoms. The number of aliphatic hydroxyl groups excluding tert-OH is 3. The first kappa shape index (κ1) is 11.9. The Morgan fingerprint density at radius 3 is 2.53 bits per heavy atom. The van der Waals surface area contributed by atoms with E-state index < -0.39 is 42.8 Å². The standard InChI is InChI=1S/C8H13NO6/c1-3(11)9-5-7(13)6(12)4(2-10)15-8(5)14/h4-7,10,12-13H,2H2,1H3,(H,9,11)/t4-,5+,6+,7+/m1/s1. The third-order valence-corrected chi connectivity index (χ3v) is 2.13. The summed E-state index contributed by atoms with van der Waals surface area (Å²) in [5.74, 6) is -1.40. The van der Waals surface area contributed by atoms with Gasteiger partial charge in [0.1, 0.15) is 12.2 Å². The first-order valence-electron chi connectivity index (χ1n) is 4.42. The van der Waals surface area contributed by atoms with Gasteiger partial charge in [0.05, 0.1) is 6.61 Å². The fourth-order valence-corrected chi connectivity index (χ4v) is 1.36. The van der Waals surface area contributed by atoms with Gasteiger partial charge in [-0.15, -0.1) is 0 Å². The van der Waals surface area contributed by atoms with Crippen LogP contribution in [0.4, 0.5) is 0 Å². The number of nitrogens with one attached hydrogen (secondary N) is 1. The number of aliphatic hydroxyl groups is 3. The monoisotopic (exact) mass is 219 g/mol. The van der Waals surface area contributed by atoms with Crippen LogP contribution in [0, 0.1) is 0 Å². The number of hydrogen-bond acceptors (Lipinski definition) is 6. The maximum atomic E-state index is 11.2. The van der Waals surface area contributed by atoms with E-state index in [2.05, 4.69) is 10.1 Å². The van der Waals surface area contributed by atoms with Gasteiger partial charge in [-0.25, -0.2) is 4.79 Å². The van der Waals surface area contributed by atoms with Crippen LogP contribution in [0.5, 0.6) is 0 Å². The fourth-order valence-electron chi connectivity index (χ4n) is 1.36. The van der Waals surface area contributed by atoms with E-state index in [9.17, 15) is 19.8 Å². The Morgan fingerprint density at radius 2 is 2.07 bits per heavy atom. The lowest BCUT2D eigenvalue weighted by atomic mass is 9.98. The van der Waals surface area contributed by atoms with Crippen LogP contribution in [0.25, 0.3) is 0 Å². The van der Waals surface area contributed by atoms with Crippen LogP contribution in [0.15, 0.2) is 0 Å². The van der Waals surface area contributed by atoms with Crippen LogP contribution in [-0.2, 0) is 14.3 Å². The molecule has 4 N–H and O–H groups in total. The fraction of sp³-hybridized carbons (Fsp3) is 0.750. The molecule has 86 valence electrons. The second kappa shape index (κ2) is 4.56. The molecule has 0 saturated carbocycles. The zero-order chi connectivity index (χ0) is 11.6. The molecule has 4 atom stereocenters. The molecule has 0 unspecified atom stereocenters. The van der Waals surface area contributed by atoms with Gasteiger partial charge in [0.15, 0.2) is 12.1 Å². The Bertz CT molecular complexity index is 268. The van der Waals surface area contributed by atoms with Crippen molar-refractivity contribution in [1.29, 1.82) is 0 Å². The molecule has 7 heteroatoms. The summed E-state index contributed by atoms with van der Waals surface area (Å²) in [4.78, 5) is 21.9. The second-order valence-corrected chi connectivity index (χ2v) is 3.32. The molecule has 7 nitrogen and oxygen atoms in total. The van der Waals surface area contributed by atoms with Gasteiger partial charge in [0, 0.05) is 6.92 Å². The van der Waals surface area contributed by atoms with Gasteiger partial charge in [-0.05, 0) is 0 Å². The molecule has 0 radical (unpaired) electrons. The van der Waals surface area contributed by atoms with Crippen LogP contribution < -0.4 is 5.32 Å². The summed E-state index contributed by atoms with van der Waals surface area (Å²) in [5.41, 5.74) is 0. The van der Waals surface area contributed by atoms with Crippen molar-refractivity contribution < 1.29 is 29.6 Å². The van der Waals surface area contributed by atoms with Crippen molar-refractivity contribution in [3.8, 4) is 0 Å². The minimum atomic E-state index is -1.48. The van der Waals surface area contributed by atoms with Crippen molar-refractivity contribution in [1.82, 2.24) is 5.32 Å². The van der Waals surface area contributed by atoms with Crippen molar-refractivity contribution in [2.24, 2.45) is 0 Å². The Morgan fingerprint density at radius 1 is 1.47 bits per heavy atom. The molecule has 0 spiro atoms. The predicted molar refractivity (Wildman–Crippen MR) is 46.6 cm³/mol. The summed E-state index contributed by atoms with van der Waals surface area (Å²) in [5, 5.41) is 29.8. The average molecular weight is 219 g/mol. The van der Waals surface area contributed by atoms with E-state index in [-0.39, 0.29) is 0 Å². The van der Waals surface area contributed by atoms with Gasteiger partial charge < -0.3 is 25.4 Å². The highest BCUT2D eigenvalue weighted by Crippen LogP contribution is 2.16. The normalized spacial score (nSPS) is 35.9. The Balaban J connectivity index is 2.74. The van der Waals surface area contributed by atoms with Crippen molar-refractivity contribution >= 4 is 11.9 Å². The number of carbonyl (C=O) groups is 2. The van der Waals surface area contributed by atoms with E-state index in [4.69, 9.17) is 5.11 Å². The molecule has 0 aliphatic carbocycles. The molecule has 1 fully saturated rings. The summed E-state index contributed by atoms with van der Waals surface area (Å²) < 4.78 is 4.62. The van der Waals surface area contributed by atoms with Crippen molar-refractivity contribution in [3.05, 3.63) is 0 Å². The zero-order valence-electron chi connectivity index (χ0n) is 8.08. The van der Waals surface area contributed by atoms with Gasteiger partial charge in [0.25, 0.3) is 0 Å². The number of amides is 1. The number of carbonyl (C=O) groups excluding carboxylic acids is 2. The second-order valence-electron chi connectivity index (χ2n) is 3.32. The molecule has 0 aromatic carbocycles. The predicted octanol–water partition coefficient (Wildman–Crippen LogP) is -2.87. The molecule has 0 aromatic heterocycles. The number of rotatable bonds is 2. The number of esters is 1. The minimum absolute atomic E-state index is 0.523. The largest absolute Gasteiger partial charge is 0.455 e. The third kappa shape index (κ3) is 2.44. The molecule has 1 aliphatic heterocycles. The smallest absolute Gasteiger partial charge is 0.331 e. The first-order valence-corrected chi connectivity index (χ1v) is 4.42. The molecule has 0 bridgehead atoms. The van der Waals surface area contributed by atoms with Crippen LogP contribution in [-0.4, -0.2) is 58.2 Å². The average Bonchev–Trinajstić information content (AvgIpc) is 2.18. The third-order valence-electron chi connectivity index (χ3n) is 2.13. The van der Waals surface area contributed by atoms with E-state index in [1.807, 2.05) is 0 Å². The summed E-state index contributed by atoms with van der Waals surface area (Å²) in [6.45, 7) is 0.585. The summed E-state index contributed by atoms with van der Waals surface area (Å²) >= 11 is 0. The van der Waals surface area contributed by atoms with Crippen LogP contribution in [0.1, 0.15) is 6.92 Å². The summed E-state index contributed by atoms with van der Waals surface area (Å²) in [7, 11) is 0. The van der Waals surface area contributed by atoms with E-state index in [0.29, 0.717) is 0 Å². The van der Waals surface area contributed by atoms with E-state index in [0.717, 1.165) is 0 Å². The summed E-state index contributed by atoms with van der Waals surface area (Å²) in [6.07, 6.45) is -4.05. The molecule has 1 aliphatic rings. The highest BCUT2D eigenvalue weighted by molar-refractivity contribution is 5.84. The molecule has 1 amide bonds. The lowest BCUT2D eigenvalue weighted by Gasteiger charge is -2.35. The minimum Gasteiger partial charge on any atom is -0.455 e. The maximum absolute atomic E-state index is 11.2. The van der Waals surface area contributed by atoms with E-state index in [1.165, 1.54) is 6.92 Å². The molecule has 1 saturated heterocycles. The number of cyclic esters (lactones) is 1. The van der Waals surface area contributed by atoms with Gasteiger partial charge in [-0.2, -0.15) is 0 Å². The Labute approximate surface area is 85.7 Å². The SMILES string of the molecule is CC(=O)N[C@@H]1C(=O)O[C@H](CO)[C@H](O)[C@H]1O. The van der Waals surface area contributed by atoms with Crippen LogP contribution in [0.3, 0.4) is 0 Å². The van der Waals surface area contributed by atoms with Gasteiger partial charge in [-0.1, -0.05) is 0 Å². The van der Waals surface area contributed by atoms with Crippen LogP contribution >= 0.6 is 0 Å². The molecular formula is C8H13NO6. The Hall–Kier alpha value is -1.18. The summed E-state index contributed by atoms with van der Waals surface area (Å²) in [6, 6.07) is -1.29. The maximum Gasteiger partial charge on any atom is 0.331 e.